The van der Waals surface area contributed by atoms with Crippen LogP contribution in [0.3, 0.4) is 0 Å². The van der Waals surface area contributed by atoms with Gasteiger partial charge in [-0.15, -0.1) is 24.0 Å². The highest BCUT2D eigenvalue weighted by Gasteiger charge is 2.26. The van der Waals surface area contributed by atoms with Crippen LogP contribution < -0.4 is 15.5 Å². The van der Waals surface area contributed by atoms with Gasteiger partial charge in [-0.1, -0.05) is 13.8 Å². The van der Waals surface area contributed by atoms with Gasteiger partial charge in [-0.25, -0.2) is 9.37 Å². The van der Waals surface area contributed by atoms with E-state index in [1.54, 1.807) is 12.3 Å². The van der Waals surface area contributed by atoms with E-state index in [-0.39, 0.29) is 35.8 Å². The first-order valence-electron chi connectivity index (χ1n) is 10.6. The van der Waals surface area contributed by atoms with Gasteiger partial charge in [0.2, 0.25) is 0 Å². The molecule has 0 amide bonds. The maximum atomic E-state index is 14.0. The van der Waals surface area contributed by atoms with Crippen molar-refractivity contribution in [3.63, 3.8) is 0 Å². The Morgan fingerprint density at radius 1 is 1.31 bits per heavy atom. The molecule has 6 nitrogen and oxygen atoms in total. The molecular weight excluding hydrogens is 482 g/mol. The fourth-order valence-corrected chi connectivity index (χ4v) is 4.31. The van der Waals surface area contributed by atoms with Gasteiger partial charge in [-0.2, -0.15) is 0 Å². The molecule has 8 heteroatoms. The zero-order valence-corrected chi connectivity index (χ0v) is 20.2. The molecule has 2 N–H and O–H groups in total. The zero-order valence-electron chi connectivity index (χ0n) is 17.9. The smallest absolute Gasteiger partial charge is 0.191 e. The van der Waals surface area contributed by atoms with Crippen molar-refractivity contribution in [3.05, 3.63) is 24.1 Å². The molecule has 3 rings (SSSR count). The maximum absolute atomic E-state index is 14.0. The van der Waals surface area contributed by atoms with Crippen LogP contribution in [0.25, 0.3) is 0 Å². The number of piperidine rings is 1. The number of pyridine rings is 1. The SMILES string of the molecule is CN=C(NCC1CCCN(CC(C)C)C1)NC1CCN(c2ncccc2F)C1.I. The van der Waals surface area contributed by atoms with Gasteiger partial charge < -0.3 is 20.4 Å². The van der Waals surface area contributed by atoms with E-state index in [4.69, 9.17) is 0 Å². The van der Waals surface area contributed by atoms with E-state index in [1.165, 1.54) is 38.5 Å². The van der Waals surface area contributed by atoms with Crippen LogP contribution in [0.2, 0.25) is 0 Å². The molecule has 2 aliphatic heterocycles. The summed E-state index contributed by atoms with van der Waals surface area (Å²) in [7, 11) is 1.81. The van der Waals surface area contributed by atoms with Gasteiger partial charge in [0.25, 0.3) is 0 Å². The third kappa shape index (κ3) is 7.24. The molecule has 3 heterocycles. The molecule has 1 aromatic rings. The number of halogens is 2. The monoisotopic (exact) mass is 518 g/mol. The van der Waals surface area contributed by atoms with Gasteiger partial charge in [0.1, 0.15) is 0 Å². The van der Waals surface area contributed by atoms with Crippen molar-refractivity contribution in [2.45, 2.75) is 39.2 Å². The predicted molar refractivity (Wildman–Crippen MR) is 129 cm³/mol. The lowest BCUT2D eigenvalue weighted by atomic mass is 9.97. The number of hydrogen-bond donors (Lipinski definition) is 2. The Balaban J connectivity index is 0.00000300. The lowest BCUT2D eigenvalue weighted by Crippen LogP contribution is -2.48. The van der Waals surface area contributed by atoms with Crippen LogP contribution in [0.1, 0.15) is 33.1 Å². The second-order valence-corrected chi connectivity index (χ2v) is 8.50. The summed E-state index contributed by atoms with van der Waals surface area (Å²) in [5.74, 6) is 2.41. The summed E-state index contributed by atoms with van der Waals surface area (Å²) in [4.78, 5) is 13.2. The highest BCUT2D eigenvalue weighted by Crippen LogP contribution is 2.21. The Morgan fingerprint density at radius 2 is 2.14 bits per heavy atom. The van der Waals surface area contributed by atoms with E-state index in [9.17, 15) is 4.39 Å². The second kappa shape index (κ2) is 11.9. The highest BCUT2D eigenvalue weighted by molar-refractivity contribution is 14.0. The van der Waals surface area contributed by atoms with Gasteiger partial charge in [0, 0.05) is 52.0 Å². The predicted octanol–water partition coefficient (Wildman–Crippen LogP) is 2.95. The first-order chi connectivity index (χ1) is 13.5. The largest absolute Gasteiger partial charge is 0.356 e. The van der Waals surface area contributed by atoms with Crippen LogP contribution in [0.5, 0.6) is 0 Å². The Bertz CT molecular complexity index is 656. The normalized spacial score (nSPS) is 23.2. The molecule has 2 saturated heterocycles. The maximum Gasteiger partial charge on any atom is 0.191 e. The molecule has 2 unspecified atom stereocenters. The summed E-state index contributed by atoms with van der Waals surface area (Å²) < 4.78 is 14.0. The standard InChI is InChI=1S/C21H35FN6.HI/c1-16(2)13-27-10-5-6-17(14-27)12-25-21(23-3)26-18-8-11-28(15-18)20-19(22)7-4-9-24-20;/h4,7,9,16-18H,5-6,8,10-15H2,1-3H3,(H2,23,25,26);1H. The first-order valence-corrected chi connectivity index (χ1v) is 10.6. The van der Waals surface area contributed by atoms with Crippen molar-refractivity contribution < 1.29 is 4.39 Å². The topological polar surface area (TPSA) is 55.8 Å². The van der Waals surface area contributed by atoms with E-state index in [0.717, 1.165) is 37.9 Å². The number of nitrogens with one attached hydrogen (secondary N) is 2. The molecule has 2 aliphatic rings. The number of rotatable bonds is 6. The van der Waals surface area contributed by atoms with E-state index in [0.29, 0.717) is 11.7 Å². The fourth-order valence-electron chi connectivity index (χ4n) is 4.31. The Kier molecular flexibility index (Phi) is 9.88. The molecule has 0 aliphatic carbocycles. The van der Waals surface area contributed by atoms with E-state index in [2.05, 4.69) is 39.4 Å². The van der Waals surface area contributed by atoms with Gasteiger partial charge >= 0.3 is 0 Å². The molecule has 0 bridgehead atoms. The average Bonchev–Trinajstić information content (AvgIpc) is 3.13. The van der Waals surface area contributed by atoms with Gasteiger partial charge in [0.05, 0.1) is 0 Å². The molecule has 1 aromatic heterocycles. The molecule has 0 aromatic carbocycles. The number of likely N-dealkylation sites (tertiary alicyclic amines) is 1. The van der Waals surface area contributed by atoms with Crippen molar-refractivity contribution in [1.29, 1.82) is 0 Å². The summed E-state index contributed by atoms with van der Waals surface area (Å²) in [5.41, 5.74) is 0. The lowest BCUT2D eigenvalue weighted by Gasteiger charge is -2.34. The van der Waals surface area contributed by atoms with E-state index >= 15 is 0 Å². The number of anilines is 1. The highest BCUT2D eigenvalue weighted by atomic mass is 127. The van der Waals surface area contributed by atoms with E-state index < -0.39 is 0 Å². The quantitative estimate of drug-likeness (QED) is 0.345. The molecule has 2 fully saturated rings. The summed E-state index contributed by atoms with van der Waals surface area (Å²) in [5, 5.41) is 7.01. The molecular formula is C21H36FIN6. The number of aromatic nitrogens is 1. The molecule has 29 heavy (non-hydrogen) atoms. The zero-order chi connectivity index (χ0) is 19.9. The minimum atomic E-state index is -0.256. The summed E-state index contributed by atoms with van der Waals surface area (Å²) in [6.45, 7) is 10.6. The van der Waals surface area contributed by atoms with Crippen molar-refractivity contribution >= 4 is 35.8 Å². The molecule has 0 radical (unpaired) electrons. The third-order valence-electron chi connectivity index (χ3n) is 5.58. The number of hydrogen-bond acceptors (Lipinski definition) is 4. The van der Waals surface area contributed by atoms with Crippen LogP contribution in [0.15, 0.2) is 23.3 Å². The van der Waals surface area contributed by atoms with Crippen LogP contribution in [-0.4, -0.2) is 68.2 Å². The Labute approximate surface area is 191 Å². The number of aliphatic imine (C=N–C) groups is 1. The molecule has 2 atom stereocenters. The Hall–Kier alpha value is -1.16. The Morgan fingerprint density at radius 3 is 2.86 bits per heavy atom. The van der Waals surface area contributed by atoms with Crippen LogP contribution >= 0.6 is 24.0 Å². The minimum absolute atomic E-state index is 0. The van der Waals surface area contributed by atoms with Gasteiger partial charge in [-0.3, -0.25) is 4.99 Å². The summed E-state index contributed by atoms with van der Waals surface area (Å²) in [6, 6.07) is 3.34. The molecule has 0 spiro atoms. The van der Waals surface area contributed by atoms with Crippen molar-refractivity contribution in [2.24, 2.45) is 16.8 Å². The summed E-state index contributed by atoms with van der Waals surface area (Å²) in [6.07, 6.45) is 5.14. The lowest BCUT2D eigenvalue weighted by molar-refractivity contribution is 0.159. The molecule has 0 saturated carbocycles. The van der Waals surface area contributed by atoms with Gasteiger partial charge in [-0.05, 0) is 49.8 Å². The van der Waals surface area contributed by atoms with E-state index in [1.807, 2.05) is 11.9 Å². The van der Waals surface area contributed by atoms with Crippen molar-refractivity contribution in [3.8, 4) is 0 Å². The third-order valence-corrected chi connectivity index (χ3v) is 5.58. The first kappa shape index (κ1) is 24.1. The van der Waals surface area contributed by atoms with Crippen molar-refractivity contribution in [1.82, 2.24) is 20.5 Å². The fraction of sp³-hybridized carbons (Fsp3) is 0.714. The summed E-state index contributed by atoms with van der Waals surface area (Å²) >= 11 is 0. The van der Waals surface area contributed by atoms with Crippen LogP contribution in [0, 0.1) is 17.7 Å². The van der Waals surface area contributed by atoms with Gasteiger partial charge in [0.15, 0.2) is 17.6 Å². The number of guanidine groups is 1. The second-order valence-electron chi connectivity index (χ2n) is 8.50. The van der Waals surface area contributed by atoms with Crippen molar-refractivity contribution in [2.75, 3.05) is 51.2 Å². The average molecular weight is 518 g/mol. The molecule has 164 valence electrons. The van der Waals surface area contributed by atoms with Crippen LogP contribution in [0.4, 0.5) is 10.2 Å². The van der Waals surface area contributed by atoms with Crippen LogP contribution in [-0.2, 0) is 0 Å². The minimum Gasteiger partial charge on any atom is -0.356 e. The number of nitrogens with zero attached hydrogens (tertiary/aromatic N) is 4.